The van der Waals surface area contributed by atoms with Crippen molar-refractivity contribution in [2.75, 3.05) is 46.5 Å². The number of hydrogen-bond acceptors (Lipinski definition) is 6. The topological polar surface area (TPSA) is 96.4 Å². The molecular weight excluding hydrogens is 492 g/mol. The number of nitrogens with zero attached hydrogens (tertiary/aromatic N) is 2. The monoisotopic (exact) mass is 532 g/mol. The molecular formula is C28H40N2O6S. The van der Waals surface area contributed by atoms with E-state index in [9.17, 15) is 18.3 Å². The van der Waals surface area contributed by atoms with Crippen molar-refractivity contribution in [1.82, 2.24) is 9.21 Å². The third-order valence-corrected chi connectivity index (χ3v) is 9.55. The number of amides is 1. The first kappa shape index (κ1) is 29.1. The van der Waals surface area contributed by atoms with Crippen molar-refractivity contribution < 1.29 is 27.8 Å². The van der Waals surface area contributed by atoms with Crippen molar-refractivity contribution in [1.29, 1.82) is 0 Å². The van der Waals surface area contributed by atoms with Gasteiger partial charge in [-0.15, -0.1) is 0 Å². The highest BCUT2D eigenvalue weighted by Gasteiger charge is 2.34. The summed E-state index contributed by atoms with van der Waals surface area (Å²) in [6, 6.07) is 11.6. The van der Waals surface area contributed by atoms with Crippen LogP contribution < -0.4 is 4.74 Å². The van der Waals surface area contributed by atoms with Crippen molar-refractivity contribution in [3.8, 4) is 5.75 Å². The van der Waals surface area contributed by atoms with Gasteiger partial charge in [0.1, 0.15) is 12.4 Å². The van der Waals surface area contributed by atoms with Gasteiger partial charge in [0, 0.05) is 32.6 Å². The van der Waals surface area contributed by atoms with E-state index in [1.807, 2.05) is 37.3 Å². The highest BCUT2D eigenvalue weighted by atomic mass is 32.2. The maximum Gasteiger partial charge on any atom is 0.248 e. The molecule has 0 aliphatic carbocycles. The first-order chi connectivity index (χ1) is 17.5. The molecule has 1 saturated heterocycles. The van der Waals surface area contributed by atoms with E-state index in [1.165, 1.54) is 4.31 Å². The molecule has 0 saturated carbocycles. The fraction of sp³-hybridized carbons (Fsp3) is 0.536. The van der Waals surface area contributed by atoms with Crippen LogP contribution in [0.5, 0.6) is 5.75 Å². The zero-order valence-electron chi connectivity index (χ0n) is 22.6. The third-order valence-electron chi connectivity index (χ3n) is 7.28. The van der Waals surface area contributed by atoms with Gasteiger partial charge in [0.15, 0.2) is 0 Å². The highest BCUT2D eigenvalue weighted by Crippen LogP contribution is 2.32. The minimum Gasteiger partial charge on any atom is -0.496 e. The Morgan fingerprint density at radius 3 is 2.35 bits per heavy atom. The molecule has 1 amide bonds. The highest BCUT2D eigenvalue weighted by molar-refractivity contribution is 7.89. The predicted molar refractivity (Wildman–Crippen MR) is 143 cm³/mol. The molecule has 1 N–H and O–H groups in total. The summed E-state index contributed by atoms with van der Waals surface area (Å²) in [5.74, 6) is 0.514. The van der Waals surface area contributed by atoms with Crippen LogP contribution >= 0.6 is 0 Å². The van der Waals surface area contributed by atoms with Gasteiger partial charge in [-0.2, -0.15) is 4.31 Å². The average Bonchev–Trinajstić information content (AvgIpc) is 2.86. The predicted octanol–water partition coefficient (Wildman–Crippen LogP) is 3.24. The lowest BCUT2D eigenvalue weighted by molar-refractivity contribution is -0.140. The first-order valence-electron chi connectivity index (χ1n) is 12.8. The molecule has 0 unspecified atom stereocenters. The maximum absolute atomic E-state index is 13.5. The van der Waals surface area contributed by atoms with Crippen LogP contribution in [-0.4, -0.2) is 80.7 Å². The molecule has 1 fully saturated rings. The minimum atomic E-state index is -3.75. The Morgan fingerprint density at radius 2 is 1.76 bits per heavy atom. The molecule has 37 heavy (non-hydrogen) atoms. The molecule has 0 spiro atoms. The number of aryl methyl sites for hydroxylation is 1. The number of sulfonamides is 1. The van der Waals surface area contributed by atoms with Gasteiger partial charge in [0.2, 0.25) is 15.9 Å². The second kappa shape index (κ2) is 12.4. The third kappa shape index (κ3) is 6.90. The number of hydrogen-bond donors (Lipinski definition) is 1. The molecule has 0 bridgehead atoms. The molecule has 0 aromatic heterocycles. The van der Waals surface area contributed by atoms with E-state index in [1.54, 1.807) is 38.8 Å². The Kier molecular flexibility index (Phi) is 9.74. The molecule has 0 radical (unpaired) electrons. The molecule has 8 nitrogen and oxygen atoms in total. The van der Waals surface area contributed by atoms with Crippen molar-refractivity contribution in [2.24, 2.45) is 0 Å². The summed E-state index contributed by atoms with van der Waals surface area (Å²) in [7, 11) is -2.17. The molecule has 2 aromatic carbocycles. The minimum absolute atomic E-state index is 0.109. The fourth-order valence-corrected chi connectivity index (χ4v) is 6.87. The second-order valence-corrected chi connectivity index (χ2v) is 11.7. The number of carbonyl (C=O) groups excluding carboxylic acids is 1. The lowest BCUT2D eigenvalue weighted by Crippen LogP contribution is -2.48. The number of piperidine rings is 1. The van der Waals surface area contributed by atoms with E-state index in [4.69, 9.17) is 9.47 Å². The quantitative estimate of drug-likeness (QED) is 0.447. The van der Waals surface area contributed by atoms with Crippen molar-refractivity contribution >= 4 is 15.9 Å². The van der Waals surface area contributed by atoms with Gasteiger partial charge in [0.05, 0.1) is 24.2 Å². The lowest BCUT2D eigenvalue weighted by atomic mass is 9.85. The van der Waals surface area contributed by atoms with E-state index in [-0.39, 0.29) is 32.2 Å². The molecule has 0 atom stereocenters. The second-order valence-electron chi connectivity index (χ2n) is 9.79. The summed E-state index contributed by atoms with van der Waals surface area (Å²) in [6.45, 7) is 8.56. The molecule has 2 aromatic rings. The van der Waals surface area contributed by atoms with Gasteiger partial charge in [-0.3, -0.25) is 4.79 Å². The Bertz CT molecular complexity index is 1170. The van der Waals surface area contributed by atoms with E-state index in [0.717, 1.165) is 11.1 Å². The summed E-state index contributed by atoms with van der Waals surface area (Å²) < 4.78 is 39.3. The van der Waals surface area contributed by atoms with Gasteiger partial charge >= 0.3 is 0 Å². The van der Waals surface area contributed by atoms with Crippen molar-refractivity contribution in [2.45, 2.75) is 57.5 Å². The number of ether oxygens (including phenoxy) is 2. The van der Waals surface area contributed by atoms with Gasteiger partial charge < -0.3 is 19.5 Å². The Hall–Kier alpha value is -2.46. The molecule has 9 heteroatoms. The fourth-order valence-electron chi connectivity index (χ4n) is 4.95. The molecule has 1 aliphatic heterocycles. The van der Waals surface area contributed by atoms with E-state index in [0.29, 0.717) is 54.1 Å². The summed E-state index contributed by atoms with van der Waals surface area (Å²) in [5, 5.41) is 10.9. The molecule has 204 valence electrons. The first-order valence-corrected chi connectivity index (χ1v) is 14.2. The van der Waals surface area contributed by atoms with E-state index >= 15 is 0 Å². The largest absolute Gasteiger partial charge is 0.496 e. The smallest absolute Gasteiger partial charge is 0.248 e. The zero-order chi connectivity index (χ0) is 27.2. The van der Waals surface area contributed by atoms with Crippen molar-refractivity contribution in [3.63, 3.8) is 0 Å². The molecule has 1 heterocycles. The van der Waals surface area contributed by atoms with Gasteiger partial charge in [-0.1, -0.05) is 37.3 Å². The summed E-state index contributed by atoms with van der Waals surface area (Å²) in [6.07, 6.45) is 1.59. The number of aliphatic hydroxyl groups is 1. The zero-order valence-corrected chi connectivity index (χ0v) is 23.4. The van der Waals surface area contributed by atoms with Crippen LogP contribution in [0.4, 0.5) is 0 Å². The number of methoxy groups -OCH3 is 1. The summed E-state index contributed by atoms with van der Waals surface area (Å²) in [4.78, 5) is 14.7. The SMILES string of the molecule is CCN(CCOCC(=O)N1CCC(O)(Cc2ccccc2)CC1)S(=O)(=O)c1c(C)cc(OC)c(C)c1C. The van der Waals surface area contributed by atoms with Gasteiger partial charge in [-0.25, -0.2) is 8.42 Å². The number of likely N-dealkylation sites (tertiary alicyclic amines) is 1. The Morgan fingerprint density at radius 1 is 1.11 bits per heavy atom. The van der Waals surface area contributed by atoms with Crippen LogP contribution in [0.1, 0.15) is 42.0 Å². The van der Waals surface area contributed by atoms with Crippen LogP contribution in [0, 0.1) is 20.8 Å². The van der Waals surface area contributed by atoms with Crippen molar-refractivity contribution in [3.05, 3.63) is 58.7 Å². The van der Waals surface area contributed by atoms with Gasteiger partial charge in [0.25, 0.3) is 0 Å². The number of likely N-dealkylation sites (N-methyl/N-ethyl adjacent to an activating group) is 1. The van der Waals surface area contributed by atoms with Crippen LogP contribution in [0.15, 0.2) is 41.3 Å². The molecule has 1 aliphatic rings. The van der Waals surface area contributed by atoms with Crippen LogP contribution in [0.25, 0.3) is 0 Å². The Labute approximate surface area is 221 Å². The lowest BCUT2D eigenvalue weighted by Gasteiger charge is -2.38. The standard InChI is InChI=1S/C28H40N2O6S/c1-6-30(37(33,34)27-21(2)18-25(35-5)22(3)23(27)4)16-17-36-20-26(31)29-14-12-28(32,13-15-29)19-24-10-8-7-9-11-24/h7-11,18,32H,6,12-17,19-20H2,1-5H3. The maximum atomic E-state index is 13.5. The van der Waals surface area contributed by atoms with Crippen LogP contribution in [0.2, 0.25) is 0 Å². The normalized spacial score (nSPS) is 15.7. The van der Waals surface area contributed by atoms with E-state index < -0.39 is 15.6 Å². The number of rotatable bonds is 11. The Balaban J connectivity index is 1.51. The summed E-state index contributed by atoms with van der Waals surface area (Å²) in [5.41, 5.74) is 2.36. The van der Waals surface area contributed by atoms with Crippen LogP contribution in [0.3, 0.4) is 0 Å². The molecule has 3 rings (SSSR count). The van der Waals surface area contributed by atoms with Crippen LogP contribution in [-0.2, 0) is 26.0 Å². The number of carbonyl (C=O) groups is 1. The summed E-state index contributed by atoms with van der Waals surface area (Å²) >= 11 is 0. The van der Waals surface area contributed by atoms with Gasteiger partial charge in [-0.05, 0) is 61.9 Å². The van der Waals surface area contributed by atoms with E-state index in [2.05, 4.69) is 0 Å². The average molecular weight is 533 g/mol. The number of benzene rings is 2.